The molecule has 6 nitrogen and oxygen atoms in total. The lowest BCUT2D eigenvalue weighted by Crippen LogP contribution is -2.33. The van der Waals surface area contributed by atoms with E-state index < -0.39 is 0 Å². The van der Waals surface area contributed by atoms with Crippen LogP contribution in [0, 0.1) is 5.41 Å². The van der Waals surface area contributed by atoms with Gasteiger partial charge in [0.05, 0.1) is 0 Å². The van der Waals surface area contributed by atoms with Crippen molar-refractivity contribution < 1.29 is 4.74 Å². The van der Waals surface area contributed by atoms with Gasteiger partial charge in [-0.2, -0.15) is 19.6 Å². The van der Waals surface area contributed by atoms with E-state index in [1.165, 1.54) is 6.33 Å². The average Bonchev–Trinajstić information content (AvgIpc) is 2.85. The highest BCUT2D eigenvalue weighted by molar-refractivity contribution is 6.29. The van der Waals surface area contributed by atoms with Crippen molar-refractivity contribution in [2.75, 3.05) is 25.1 Å². The number of hydrogen-bond acceptors (Lipinski definition) is 5. The van der Waals surface area contributed by atoms with Crippen LogP contribution < -0.4 is 5.32 Å². The molecule has 2 aromatic heterocycles. The highest BCUT2D eigenvalue weighted by Gasteiger charge is 2.27. The Morgan fingerprint density at radius 3 is 3.05 bits per heavy atom. The minimum absolute atomic E-state index is 0.237. The topological polar surface area (TPSA) is 64.3 Å². The first kappa shape index (κ1) is 12.6. The molecule has 0 aliphatic carbocycles. The van der Waals surface area contributed by atoms with Crippen molar-refractivity contribution in [3.8, 4) is 0 Å². The zero-order valence-electron chi connectivity index (χ0n) is 10.8. The first-order valence-corrected chi connectivity index (χ1v) is 6.72. The summed E-state index contributed by atoms with van der Waals surface area (Å²) in [5.74, 6) is 1.33. The van der Waals surface area contributed by atoms with E-state index in [0.717, 1.165) is 38.4 Å². The SMILES string of the molecule is CC1(CNc2cc(Cl)nc3ncnn23)CCOCC1. The molecule has 2 aromatic rings. The molecule has 1 aliphatic rings. The van der Waals surface area contributed by atoms with E-state index in [1.54, 1.807) is 10.6 Å². The van der Waals surface area contributed by atoms with E-state index in [2.05, 4.69) is 27.3 Å². The molecule has 0 spiro atoms. The average molecular weight is 282 g/mol. The summed E-state index contributed by atoms with van der Waals surface area (Å²) < 4.78 is 7.07. The van der Waals surface area contributed by atoms with Gasteiger partial charge >= 0.3 is 0 Å². The predicted molar refractivity (Wildman–Crippen MR) is 72.4 cm³/mol. The van der Waals surface area contributed by atoms with Crippen molar-refractivity contribution in [1.82, 2.24) is 19.6 Å². The predicted octanol–water partition coefficient (Wildman–Crippen LogP) is 2.01. The molecule has 0 atom stereocenters. The number of rotatable bonds is 3. The fourth-order valence-corrected chi connectivity index (χ4v) is 2.43. The Bertz CT molecular complexity index is 579. The Morgan fingerprint density at radius 2 is 2.26 bits per heavy atom. The van der Waals surface area contributed by atoms with Crippen molar-refractivity contribution in [3.05, 3.63) is 17.5 Å². The second kappa shape index (κ2) is 4.94. The van der Waals surface area contributed by atoms with E-state index in [1.807, 2.05) is 0 Å². The summed E-state index contributed by atoms with van der Waals surface area (Å²) in [7, 11) is 0. The number of ether oxygens (including phenoxy) is 1. The Labute approximate surface area is 116 Å². The molecule has 19 heavy (non-hydrogen) atoms. The highest BCUT2D eigenvalue weighted by atomic mass is 35.5. The largest absolute Gasteiger partial charge is 0.381 e. The van der Waals surface area contributed by atoms with Crippen LogP contribution in [0.4, 0.5) is 5.82 Å². The van der Waals surface area contributed by atoms with Gasteiger partial charge in [-0.05, 0) is 18.3 Å². The zero-order valence-corrected chi connectivity index (χ0v) is 11.5. The number of fused-ring (bicyclic) bond motifs is 1. The zero-order chi connectivity index (χ0) is 13.3. The summed E-state index contributed by atoms with van der Waals surface area (Å²) in [5, 5.41) is 7.97. The molecule has 0 aromatic carbocycles. The summed E-state index contributed by atoms with van der Waals surface area (Å²) in [6.45, 7) is 4.78. The van der Waals surface area contributed by atoms with Gasteiger partial charge in [-0.1, -0.05) is 18.5 Å². The summed E-state index contributed by atoms with van der Waals surface area (Å²) in [6.07, 6.45) is 3.58. The van der Waals surface area contributed by atoms with Crippen LogP contribution in [0.15, 0.2) is 12.4 Å². The molecule has 0 radical (unpaired) electrons. The van der Waals surface area contributed by atoms with Crippen molar-refractivity contribution in [2.45, 2.75) is 19.8 Å². The van der Waals surface area contributed by atoms with Gasteiger partial charge in [0, 0.05) is 25.8 Å². The van der Waals surface area contributed by atoms with Crippen LogP contribution in [0.1, 0.15) is 19.8 Å². The van der Waals surface area contributed by atoms with Gasteiger partial charge in [0.25, 0.3) is 5.78 Å². The lowest BCUT2D eigenvalue weighted by Gasteiger charge is -2.33. The number of hydrogen-bond donors (Lipinski definition) is 1. The number of halogens is 1. The molecule has 1 saturated heterocycles. The van der Waals surface area contributed by atoms with Crippen LogP contribution in [0.3, 0.4) is 0 Å². The van der Waals surface area contributed by atoms with E-state index in [9.17, 15) is 0 Å². The first-order chi connectivity index (χ1) is 9.16. The lowest BCUT2D eigenvalue weighted by molar-refractivity contribution is 0.0299. The molecule has 1 fully saturated rings. The van der Waals surface area contributed by atoms with Gasteiger partial charge < -0.3 is 10.1 Å². The molecular weight excluding hydrogens is 266 g/mol. The maximum Gasteiger partial charge on any atom is 0.255 e. The summed E-state index contributed by atoms with van der Waals surface area (Å²) in [5.41, 5.74) is 0.237. The van der Waals surface area contributed by atoms with Gasteiger partial charge in [-0.15, -0.1) is 0 Å². The van der Waals surface area contributed by atoms with Gasteiger partial charge in [0.15, 0.2) is 0 Å². The fourth-order valence-electron chi connectivity index (χ4n) is 2.25. The smallest absolute Gasteiger partial charge is 0.255 e. The van der Waals surface area contributed by atoms with Crippen molar-refractivity contribution in [1.29, 1.82) is 0 Å². The van der Waals surface area contributed by atoms with Crippen molar-refractivity contribution in [3.63, 3.8) is 0 Å². The van der Waals surface area contributed by atoms with Crippen LogP contribution >= 0.6 is 11.6 Å². The van der Waals surface area contributed by atoms with Crippen LogP contribution in [0.25, 0.3) is 5.78 Å². The minimum atomic E-state index is 0.237. The van der Waals surface area contributed by atoms with Crippen molar-refractivity contribution >= 4 is 23.2 Å². The Balaban J connectivity index is 1.79. The van der Waals surface area contributed by atoms with E-state index in [-0.39, 0.29) is 5.41 Å². The normalized spacial score (nSPS) is 18.6. The number of nitrogens with zero attached hydrogens (tertiary/aromatic N) is 4. The standard InChI is InChI=1S/C12H16ClN5O/c1-12(2-4-19-5-3-12)7-14-10-6-9(13)17-11-15-8-16-18(10)11/h6,8,14H,2-5,7H2,1H3. The van der Waals surface area contributed by atoms with Gasteiger partial charge in [-0.3, -0.25) is 0 Å². The first-order valence-electron chi connectivity index (χ1n) is 6.34. The summed E-state index contributed by atoms with van der Waals surface area (Å²) in [4.78, 5) is 8.15. The number of nitrogens with one attached hydrogen (secondary N) is 1. The molecule has 0 amide bonds. The second-order valence-electron chi connectivity index (χ2n) is 5.21. The number of anilines is 1. The summed E-state index contributed by atoms with van der Waals surface area (Å²) >= 11 is 5.98. The quantitative estimate of drug-likeness (QED) is 0.872. The third-order valence-electron chi connectivity index (χ3n) is 3.62. The Hall–Kier alpha value is -1.40. The molecular formula is C12H16ClN5O. The number of aromatic nitrogens is 4. The molecule has 3 heterocycles. The maximum atomic E-state index is 5.98. The monoisotopic (exact) mass is 281 g/mol. The second-order valence-corrected chi connectivity index (χ2v) is 5.60. The van der Waals surface area contributed by atoms with E-state index in [0.29, 0.717) is 10.9 Å². The summed E-state index contributed by atoms with van der Waals surface area (Å²) in [6, 6.07) is 1.77. The fraction of sp³-hybridized carbons (Fsp3) is 0.583. The Kier molecular flexibility index (Phi) is 3.28. The Morgan fingerprint density at radius 1 is 1.47 bits per heavy atom. The van der Waals surface area contributed by atoms with Crippen LogP contribution in [0.2, 0.25) is 5.15 Å². The molecule has 102 valence electrons. The van der Waals surface area contributed by atoms with Gasteiger partial charge in [0.1, 0.15) is 17.3 Å². The van der Waals surface area contributed by atoms with Crippen LogP contribution in [-0.2, 0) is 4.74 Å². The van der Waals surface area contributed by atoms with Crippen LogP contribution in [-0.4, -0.2) is 39.3 Å². The molecule has 3 rings (SSSR count). The molecule has 0 saturated carbocycles. The third-order valence-corrected chi connectivity index (χ3v) is 3.81. The molecule has 1 N–H and O–H groups in total. The molecule has 0 bridgehead atoms. The lowest BCUT2D eigenvalue weighted by atomic mass is 9.82. The van der Waals surface area contributed by atoms with E-state index in [4.69, 9.17) is 16.3 Å². The minimum Gasteiger partial charge on any atom is -0.381 e. The highest BCUT2D eigenvalue weighted by Crippen LogP contribution is 2.30. The van der Waals surface area contributed by atoms with Crippen LogP contribution in [0.5, 0.6) is 0 Å². The van der Waals surface area contributed by atoms with Crippen molar-refractivity contribution in [2.24, 2.45) is 5.41 Å². The maximum absolute atomic E-state index is 5.98. The van der Waals surface area contributed by atoms with Gasteiger partial charge in [-0.25, -0.2) is 0 Å². The van der Waals surface area contributed by atoms with Gasteiger partial charge in [0.2, 0.25) is 0 Å². The molecule has 1 aliphatic heterocycles. The molecule has 7 heteroatoms. The third kappa shape index (κ3) is 2.64. The van der Waals surface area contributed by atoms with E-state index >= 15 is 0 Å². The molecule has 0 unspecified atom stereocenters.